The topological polar surface area (TPSA) is 148 Å². The summed E-state index contributed by atoms with van der Waals surface area (Å²) in [6.07, 6.45) is 1.69. The Morgan fingerprint density at radius 1 is 1.22 bits per heavy atom. The summed E-state index contributed by atoms with van der Waals surface area (Å²) >= 11 is 16.1. The highest BCUT2D eigenvalue weighted by atomic mass is 35.5. The summed E-state index contributed by atoms with van der Waals surface area (Å²) in [5.74, 6) is -1.90. The van der Waals surface area contributed by atoms with Crippen LogP contribution in [-0.2, 0) is 31.0 Å². The molecule has 0 radical (unpaired) electrons. The Labute approximate surface area is 260 Å². The van der Waals surface area contributed by atoms with Gasteiger partial charge in [-0.1, -0.05) is 23.2 Å². The second-order valence-corrected chi connectivity index (χ2v) is 14.7. The van der Waals surface area contributed by atoms with Gasteiger partial charge in [-0.05, 0) is 30.7 Å². The number of β-lactam (4-membered cyclic amide) rings is 1. The standard InChI is InChI=1S/C25H25Cl2N3O7S4/c1-13-14(2)29(7-8-41(35,36)37)6-5-18(13)38-10-15-11-40-24-21(23(32)30(24)22(15)25(33)34)28-20(31)12-39-19-9-16(26)3-4-17(19)27/h3-6,9,21,24H,7-8,10-12H2,1-2H3,(H2-,28,31,33,34,35,36,37)/t21-,24-/m1/s1. The van der Waals surface area contributed by atoms with E-state index in [-0.39, 0.29) is 23.9 Å². The van der Waals surface area contributed by atoms with E-state index in [1.165, 1.54) is 40.2 Å². The number of carboxylic acid groups (broad SMARTS) is 1. The summed E-state index contributed by atoms with van der Waals surface area (Å²) in [5, 5.41) is 13.1. The lowest BCUT2D eigenvalue weighted by molar-refractivity contribution is -0.699. The van der Waals surface area contributed by atoms with Crippen LogP contribution >= 0.6 is 58.5 Å². The van der Waals surface area contributed by atoms with E-state index in [1.54, 1.807) is 35.0 Å². The number of hydrogen-bond acceptors (Lipinski definition) is 9. The van der Waals surface area contributed by atoms with E-state index in [0.717, 1.165) is 16.2 Å². The summed E-state index contributed by atoms with van der Waals surface area (Å²) in [6, 6.07) is 5.88. The van der Waals surface area contributed by atoms with Gasteiger partial charge in [0.2, 0.25) is 5.91 Å². The Balaban J connectivity index is 1.40. The Morgan fingerprint density at radius 2 is 1.95 bits per heavy atom. The van der Waals surface area contributed by atoms with Gasteiger partial charge in [0.1, 0.15) is 27.2 Å². The Hall–Kier alpha value is -1.94. The zero-order valence-corrected chi connectivity index (χ0v) is 26.5. The molecule has 10 nitrogen and oxygen atoms in total. The Morgan fingerprint density at radius 3 is 2.63 bits per heavy atom. The fourth-order valence-electron chi connectivity index (χ4n) is 4.30. The van der Waals surface area contributed by atoms with Crippen molar-refractivity contribution in [2.24, 2.45) is 0 Å². The number of aryl methyl sites for hydroxylation is 1. The van der Waals surface area contributed by atoms with Gasteiger partial charge in [-0.3, -0.25) is 14.5 Å². The first-order valence-corrected chi connectivity index (χ1v) is 17.5. The van der Waals surface area contributed by atoms with Crippen molar-refractivity contribution in [3.8, 4) is 0 Å². The van der Waals surface area contributed by atoms with Gasteiger partial charge in [-0.15, -0.1) is 35.3 Å². The second-order valence-electron chi connectivity index (χ2n) is 9.21. The molecule has 4 rings (SSSR count). The first kappa shape index (κ1) is 32.0. The second kappa shape index (κ2) is 13.1. The largest absolute Gasteiger partial charge is 0.748 e. The van der Waals surface area contributed by atoms with E-state index in [0.29, 0.717) is 32.0 Å². The zero-order valence-electron chi connectivity index (χ0n) is 21.8. The van der Waals surface area contributed by atoms with Gasteiger partial charge in [0.15, 0.2) is 18.4 Å². The van der Waals surface area contributed by atoms with Crippen molar-refractivity contribution in [3.63, 3.8) is 0 Å². The minimum atomic E-state index is -4.34. The van der Waals surface area contributed by atoms with Crippen LogP contribution in [0, 0.1) is 13.8 Å². The van der Waals surface area contributed by atoms with Gasteiger partial charge >= 0.3 is 5.97 Å². The molecule has 0 spiro atoms. The highest BCUT2D eigenvalue weighted by Gasteiger charge is 2.54. The van der Waals surface area contributed by atoms with E-state index in [1.807, 2.05) is 13.8 Å². The lowest BCUT2D eigenvalue weighted by Gasteiger charge is -2.49. The molecule has 0 aliphatic carbocycles. The number of carbonyl (C=O) groups excluding carboxylic acids is 2. The van der Waals surface area contributed by atoms with Crippen molar-refractivity contribution in [2.75, 3.05) is 23.0 Å². The number of hydrogen-bond donors (Lipinski definition) is 2. The fourth-order valence-corrected chi connectivity index (χ4v) is 8.59. The molecule has 1 aromatic carbocycles. The number of fused-ring (bicyclic) bond motifs is 1. The lowest BCUT2D eigenvalue weighted by Crippen LogP contribution is -2.70. The number of carboxylic acids is 1. The van der Waals surface area contributed by atoms with Crippen LogP contribution in [0.25, 0.3) is 0 Å². The van der Waals surface area contributed by atoms with E-state index >= 15 is 0 Å². The SMILES string of the molecule is Cc1c(SCC2=C(C(=O)O)N3C(=O)[C@@H](NC(=O)CSc4cc(Cl)ccc4Cl)[C@H]3SC2)cc[n+](CCS(=O)(=O)[O-])c1C. The van der Waals surface area contributed by atoms with Gasteiger partial charge in [-0.2, -0.15) is 0 Å². The number of nitrogens with zero attached hydrogens (tertiary/aromatic N) is 2. The molecular weight excluding hydrogens is 653 g/mol. The van der Waals surface area contributed by atoms with Crippen molar-refractivity contribution in [1.82, 2.24) is 10.2 Å². The number of carbonyl (C=O) groups is 3. The summed E-state index contributed by atoms with van der Waals surface area (Å²) in [4.78, 5) is 40.5. The quantitative estimate of drug-likeness (QED) is 0.157. The highest BCUT2D eigenvalue weighted by molar-refractivity contribution is 8.01. The monoisotopic (exact) mass is 677 g/mol. The van der Waals surface area contributed by atoms with Crippen LogP contribution in [0.15, 0.2) is 51.5 Å². The number of halogens is 2. The van der Waals surface area contributed by atoms with Crippen LogP contribution in [0.1, 0.15) is 11.3 Å². The average Bonchev–Trinajstić information content (AvgIpc) is 2.91. The summed E-state index contributed by atoms with van der Waals surface area (Å²) in [7, 11) is -4.34. The van der Waals surface area contributed by atoms with Gasteiger partial charge in [0.05, 0.1) is 16.5 Å². The average molecular weight is 679 g/mol. The zero-order chi connectivity index (χ0) is 30.1. The molecule has 2 N–H and O–H groups in total. The molecule has 2 aliphatic rings. The van der Waals surface area contributed by atoms with Crippen molar-refractivity contribution >= 4 is 86.4 Å². The maximum Gasteiger partial charge on any atom is 0.352 e. The number of rotatable bonds is 11. The molecular formula is C25H25Cl2N3O7S4. The van der Waals surface area contributed by atoms with Crippen LogP contribution in [0.3, 0.4) is 0 Å². The highest BCUT2D eigenvalue weighted by Crippen LogP contribution is 2.42. The maximum absolute atomic E-state index is 13.0. The van der Waals surface area contributed by atoms with E-state index < -0.39 is 39.2 Å². The minimum Gasteiger partial charge on any atom is -0.748 e. The van der Waals surface area contributed by atoms with Crippen LogP contribution < -0.4 is 9.88 Å². The number of amides is 2. The third-order valence-corrected chi connectivity index (χ3v) is 11.6. The molecule has 1 aromatic heterocycles. The lowest BCUT2D eigenvalue weighted by atomic mass is 10.0. The normalized spacial score (nSPS) is 18.7. The number of pyridine rings is 1. The number of thioether (sulfide) groups is 3. The molecule has 2 aromatic rings. The molecule has 0 bridgehead atoms. The molecule has 0 saturated carbocycles. The molecule has 1 fully saturated rings. The number of benzene rings is 1. The molecule has 2 amide bonds. The fraction of sp³-hybridized carbons (Fsp3) is 0.360. The van der Waals surface area contributed by atoms with E-state index in [9.17, 15) is 32.5 Å². The number of nitrogens with one attached hydrogen (secondary N) is 1. The van der Waals surface area contributed by atoms with Gasteiger partial charge < -0.3 is 15.0 Å². The van der Waals surface area contributed by atoms with Gasteiger partial charge in [-0.25, -0.2) is 17.8 Å². The minimum absolute atomic E-state index is 0.00723. The summed E-state index contributed by atoms with van der Waals surface area (Å²) in [6.45, 7) is 3.72. The van der Waals surface area contributed by atoms with Crippen LogP contribution in [0.2, 0.25) is 10.0 Å². The molecule has 41 heavy (non-hydrogen) atoms. The smallest absolute Gasteiger partial charge is 0.352 e. The third-order valence-electron chi connectivity index (χ3n) is 6.55. The molecule has 220 valence electrons. The van der Waals surface area contributed by atoms with Gasteiger partial charge in [0, 0.05) is 44.9 Å². The van der Waals surface area contributed by atoms with Crippen molar-refractivity contribution in [2.45, 2.75) is 41.6 Å². The van der Waals surface area contributed by atoms with Crippen LogP contribution in [0.4, 0.5) is 0 Å². The van der Waals surface area contributed by atoms with E-state index in [2.05, 4.69) is 5.32 Å². The predicted octanol–water partition coefficient (Wildman–Crippen LogP) is 3.07. The number of aromatic nitrogens is 1. The Bertz CT molecular complexity index is 1550. The first-order valence-electron chi connectivity index (χ1n) is 12.1. The van der Waals surface area contributed by atoms with Crippen molar-refractivity contribution < 1.29 is 37.0 Å². The molecule has 1 saturated heterocycles. The van der Waals surface area contributed by atoms with Crippen molar-refractivity contribution in [3.05, 3.63) is 63.0 Å². The summed E-state index contributed by atoms with van der Waals surface area (Å²) < 4.78 is 34.7. The molecule has 0 unspecified atom stereocenters. The summed E-state index contributed by atoms with van der Waals surface area (Å²) in [5.41, 5.74) is 2.17. The van der Waals surface area contributed by atoms with Crippen LogP contribution in [0.5, 0.6) is 0 Å². The third kappa shape index (κ3) is 7.53. The Kier molecular flexibility index (Phi) is 10.3. The molecule has 2 atom stereocenters. The molecule has 16 heteroatoms. The van der Waals surface area contributed by atoms with Crippen LogP contribution in [-0.4, -0.2) is 75.2 Å². The predicted molar refractivity (Wildman–Crippen MR) is 158 cm³/mol. The van der Waals surface area contributed by atoms with Crippen molar-refractivity contribution in [1.29, 1.82) is 0 Å². The molecule has 2 aliphatic heterocycles. The maximum atomic E-state index is 13.0. The molecule has 3 heterocycles. The first-order chi connectivity index (χ1) is 19.3. The number of aliphatic carboxylic acids is 1. The van der Waals surface area contributed by atoms with Gasteiger partial charge in [0.25, 0.3) is 5.91 Å². The van der Waals surface area contributed by atoms with E-state index in [4.69, 9.17) is 23.2 Å².